The van der Waals surface area contributed by atoms with Crippen LogP contribution >= 0.6 is 11.8 Å². The lowest BCUT2D eigenvalue weighted by Crippen LogP contribution is -2.12. The van der Waals surface area contributed by atoms with Crippen LogP contribution in [-0.4, -0.2) is 20.3 Å². The van der Waals surface area contributed by atoms with Crippen molar-refractivity contribution in [3.05, 3.63) is 11.8 Å². The van der Waals surface area contributed by atoms with Crippen LogP contribution in [0.1, 0.15) is 26.5 Å². The highest BCUT2D eigenvalue weighted by Gasteiger charge is 2.10. The molecular formula is C10H19N3S. The van der Waals surface area contributed by atoms with Crippen molar-refractivity contribution in [1.82, 2.24) is 9.78 Å². The SMILES string of the molecule is Cc1cc(N)nn1CCSC(C)(C)C. The minimum absolute atomic E-state index is 0.326. The van der Waals surface area contributed by atoms with E-state index >= 15 is 0 Å². The number of aromatic nitrogens is 2. The molecule has 0 spiro atoms. The van der Waals surface area contributed by atoms with Crippen LogP contribution in [0.2, 0.25) is 0 Å². The number of hydrogen-bond donors (Lipinski definition) is 1. The van der Waals surface area contributed by atoms with E-state index in [1.807, 2.05) is 29.4 Å². The van der Waals surface area contributed by atoms with E-state index < -0.39 is 0 Å². The summed E-state index contributed by atoms with van der Waals surface area (Å²) in [6.45, 7) is 9.64. The Kier molecular flexibility index (Phi) is 3.48. The van der Waals surface area contributed by atoms with Gasteiger partial charge in [0.05, 0.1) is 6.54 Å². The second kappa shape index (κ2) is 4.26. The molecule has 0 aliphatic carbocycles. The van der Waals surface area contributed by atoms with Crippen LogP contribution in [0.4, 0.5) is 5.82 Å². The van der Waals surface area contributed by atoms with Crippen LogP contribution in [0, 0.1) is 6.92 Å². The van der Waals surface area contributed by atoms with Crippen LogP contribution in [-0.2, 0) is 6.54 Å². The molecule has 0 saturated carbocycles. The Balaban J connectivity index is 2.42. The van der Waals surface area contributed by atoms with Crippen molar-refractivity contribution in [2.45, 2.75) is 39.0 Å². The third-order valence-electron chi connectivity index (χ3n) is 1.84. The zero-order chi connectivity index (χ0) is 10.8. The van der Waals surface area contributed by atoms with Gasteiger partial charge in [-0.2, -0.15) is 16.9 Å². The summed E-state index contributed by atoms with van der Waals surface area (Å²) in [7, 11) is 0. The average molecular weight is 213 g/mol. The van der Waals surface area contributed by atoms with Crippen LogP contribution in [0.3, 0.4) is 0 Å². The van der Waals surface area contributed by atoms with E-state index in [0.717, 1.165) is 18.0 Å². The molecule has 0 saturated heterocycles. The maximum Gasteiger partial charge on any atom is 0.145 e. The molecule has 0 aliphatic rings. The molecule has 2 N–H and O–H groups in total. The molecule has 3 nitrogen and oxygen atoms in total. The standard InChI is InChI=1S/C10H19N3S/c1-8-7-9(11)12-13(8)5-6-14-10(2,3)4/h7H,5-6H2,1-4H3,(H2,11,12). The molecule has 0 radical (unpaired) electrons. The Labute approximate surface area is 90.1 Å². The van der Waals surface area contributed by atoms with Gasteiger partial charge in [-0.3, -0.25) is 4.68 Å². The Hall–Kier alpha value is -0.640. The van der Waals surface area contributed by atoms with Crippen LogP contribution < -0.4 is 5.73 Å². The van der Waals surface area contributed by atoms with Gasteiger partial charge in [0.1, 0.15) is 5.82 Å². The molecule has 14 heavy (non-hydrogen) atoms. The van der Waals surface area contributed by atoms with Crippen molar-refractivity contribution < 1.29 is 0 Å². The van der Waals surface area contributed by atoms with Gasteiger partial charge in [-0.05, 0) is 6.92 Å². The Morgan fingerprint density at radius 3 is 2.57 bits per heavy atom. The Morgan fingerprint density at radius 1 is 1.50 bits per heavy atom. The lowest BCUT2D eigenvalue weighted by Gasteiger charge is -2.17. The van der Waals surface area contributed by atoms with Crippen molar-refractivity contribution in [3.8, 4) is 0 Å². The predicted molar refractivity (Wildman–Crippen MR) is 63.6 cm³/mol. The van der Waals surface area contributed by atoms with Gasteiger partial charge >= 0.3 is 0 Å². The number of thioether (sulfide) groups is 1. The van der Waals surface area contributed by atoms with Crippen LogP contribution in [0.25, 0.3) is 0 Å². The minimum Gasteiger partial charge on any atom is -0.382 e. The summed E-state index contributed by atoms with van der Waals surface area (Å²) in [6.07, 6.45) is 0. The van der Waals surface area contributed by atoms with Crippen LogP contribution in [0.5, 0.6) is 0 Å². The predicted octanol–water partition coefficient (Wildman–Crippen LogP) is 2.31. The highest BCUT2D eigenvalue weighted by Crippen LogP contribution is 2.23. The molecule has 0 fully saturated rings. The summed E-state index contributed by atoms with van der Waals surface area (Å²) < 4.78 is 2.29. The van der Waals surface area contributed by atoms with E-state index in [-0.39, 0.29) is 0 Å². The summed E-state index contributed by atoms with van der Waals surface area (Å²) in [5.41, 5.74) is 6.73. The van der Waals surface area contributed by atoms with Gasteiger partial charge < -0.3 is 5.73 Å². The zero-order valence-corrected chi connectivity index (χ0v) is 10.2. The fourth-order valence-electron chi connectivity index (χ4n) is 1.20. The molecule has 0 bridgehead atoms. The van der Waals surface area contributed by atoms with E-state index in [4.69, 9.17) is 5.73 Å². The van der Waals surface area contributed by atoms with Crippen molar-refractivity contribution in [1.29, 1.82) is 0 Å². The highest BCUT2D eigenvalue weighted by molar-refractivity contribution is 8.00. The first-order chi connectivity index (χ1) is 6.38. The van der Waals surface area contributed by atoms with Gasteiger partial charge in [0.25, 0.3) is 0 Å². The number of rotatable bonds is 3. The first kappa shape index (κ1) is 11.4. The molecule has 0 amide bonds. The number of anilines is 1. The van der Waals surface area contributed by atoms with E-state index in [1.54, 1.807) is 0 Å². The third-order valence-corrected chi connectivity index (χ3v) is 3.09. The van der Waals surface area contributed by atoms with Crippen molar-refractivity contribution in [2.24, 2.45) is 0 Å². The summed E-state index contributed by atoms with van der Waals surface area (Å²) in [5, 5.41) is 4.21. The number of aryl methyl sites for hydroxylation is 2. The largest absolute Gasteiger partial charge is 0.382 e. The number of nitrogens with zero attached hydrogens (tertiary/aromatic N) is 2. The lowest BCUT2D eigenvalue weighted by molar-refractivity contribution is 0.645. The van der Waals surface area contributed by atoms with Gasteiger partial charge in [-0.1, -0.05) is 20.8 Å². The molecule has 1 aromatic rings. The lowest BCUT2D eigenvalue weighted by atomic mass is 10.3. The second-order valence-corrected chi connectivity index (χ2v) is 6.32. The van der Waals surface area contributed by atoms with Crippen molar-refractivity contribution in [3.63, 3.8) is 0 Å². The molecule has 0 aliphatic heterocycles. The molecule has 0 aromatic carbocycles. The fourth-order valence-corrected chi connectivity index (χ4v) is 2.08. The van der Waals surface area contributed by atoms with Gasteiger partial charge in [0.2, 0.25) is 0 Å². The quantitative estimate of drug-likeness (QED) is 0.838. The van der Waals surface area contributed by atoms with Crippen molar-refractivity contribution >= 4 is 17.6 Å². The first-order valence-corrected chi connectivity index (χ1v) is 5.81. The number of hydrogen-bond acceptors (Lipinski definition) is 3. The maximum absolute atomic E-state index is 5.60. The van der Waals surface area contributed by atoms with Gasteiger partial charge in [0, 0.05) is 22.3 Å². The molecule has 80 valence electrons. The summed E-state index contributed by atoms with van der Waals surface area (Å²) in [6, 6.07) is 1.90. The van der Waals surface area contributed by atoms with Crippen molar-refractivity contribution in [2.75, 3.05) is 11.5 Å². The summed E-state index contributed by atoms with van der Waals surface area (Å²) in [5.74, 6) is 1.69. The Morgan fingerprint density at radius 2 is 2.14 bits per heavy atom. The zero-order valence-electron chi connectivity index (χ0n) is 9.37. The molecule has 1 rings (SSSR count). The van der Waals surface area contributed by atoms with E-state index in [2.05, 4.69) is 25.9 Å². The van der Waals surface area contributed by atoms with E-state index in [9.17, 15) is 0 Å². The maximum atomic E-state index is 5.60. The second-order valence-electron chi connectivity index (χ2n) is 4.39. The number of nitrogens with two attached hydrogens (primary N) is 1. The average Bonchev–Trinajstić information content (AvgIpc) is 2.27. The monoisotopic (exact) mass is 213 g/mol. The normalized spacial score (nSPS) is 12.0. The molecule has 1 heterocycles. The van der Waals surface area contributed by atoms with Gasteiger partial charge in [0.15, 0.2) is 0 Å². The third kappa shape index (κ3) is 3.62. The smallest absolute Gasteiger partial charge is 0.145 e. The highest BCUT2D eigenvalue weighted by atomic mass is 32.2. The molecule has 0 atom stereocenters. The molecule has 0 unspecified atom stereocenters. The summed E-state index contributed by atoms with van der Waals surface area (Å²) >= 11 is 1.94. The fraction of sp³-hybridized carbons (Fsp3) is 0.700. The minimum atomic E-state index is 0.326. The Bertz CT molecular complexity index is 299. The number of nitrogen functional groups attached to an aromatic ring is 1. The first-order valence-electron chi connectivity index (χ1n) is 4.82. The molecule has 1 aromatic heterocycles. The molecular weight excluding hydrogens is 194 g/mol. The van der Waals surface area contributed by atoms with E-state index in [0.29, 0.717) is 10.6 Å². The van der Waals surface area contributed by atoms with Gasteiger partial charge in [-0.15, -0.1) is 0 Å². The topological polar surface area (TPSA) is 43.8 Å². The summed E-state index contributed by atoms with van der Waals surface area (Å²) in [4.78, 5) is 0. The molecule has 4 heteroatoms. The van der Waals surface area contributed by atoms with Gasteiger partial charge in [-0.25, -0.2) is 0 Å². The van der Waals surface area contributed by atoms with Crippen LogP contribution in [0.15, 0.2) is 6.07 Å². The van der Waals surface area contributed by atoms with E-state index in [1.165, 1.54) is 0 Å².